The molecule has 1 atom stereocenters. The number of benzene rings is 2. The Morgan fingerprint density at radius 1 is 1.17 bits per heavy atom. The van der Waals surface area contributed by atoms with Crippen LogP contribution in [0.1, 0.15) is 18.1 Å². The quantitative estimate of drug-likeness (QED) is 0.727. The summed E-state index contributed by atoms with van der Waals surface area (Å²) in [4.78, 5) is 12.9. The number of ether oxygens (including phenoxy) is 1. The van der Waals surface area contributed by atoms with E-state index in [-0.39, 0.29) is 18.1 Å². The molecule has 2 aromatic carbocycles. The van der Waals surface area contributed by atoms with Crippen LogP contribution < -0.4 is 10.3 Å². The fourth-order valence-electron chi connectivity index (χ4n) is 3.27. The van der Waals surface area contributed by atoms with E-state index in [9.17, 15) is 4.79 Å². The number of nitriles is 1. The Hall–Kier alpha value is -3.06. The fourth-order valence-corrected chi connectivity index (χ4v) is 3.27. The maximum atomic E-state index is 12.9. The number of nitrogens with zero attached hydrogens (tertiary/aromatic N) is 2. The van der Waals surface area contributed by atoms with Gasteiger partial charge in [-0.3, -0.25) is 4.79 Å². The molecule has 0 spiro atoms. The normalized spacial score (nSPS) is 15.4. The van der Waals surface area contributed by atoms with E-state index in [1.54, 1.807) is 11.6 Å². The Balaban J connectivity index is 2.12. The smallest absolute Gasteiger partial charge is 0.262 e. The molecule has 0 saturated carbocycles. The number of aryl methyl sites for hydroxylation is 1. The summed E-state index contributed by atoms with van der Waals surface area (Å²) in [5, 5.41) is 10.00. The predicted octanol–water partition coefficient (Wildman–Crippen LogP) is 3.55. The monoisotopic (exact) mass is 302 g/mol. The third kappa shape index (κ3) is 1.87. The summed E-state index contributed by atoms with van der Waals surface area (Å²) >= 11 is 0. The summed E-state index contributed by atoms with van der Waals surface area (Å²) in [6.07, 6.45) is -0.0529. The first-order valence-corrected chi connectivity index (χ1v) is 7.47. The maximum absolute atomic E-state index is 12.9. The third-order valence-corrected chi connectivity index (χ3v) is 4.35. The van der Waals surface area contributed by atoms with Gasteiger partial charge >= 0.3 is 0 Å². The molecule has 1 aliphatic rings. The van der Waals surface area contributed by atoms with Gasteiger partial charge in [-0.2, -0.15) is 5.26 Å². The van der Waals surface area contributed by atoms with Gasteiger partial charge in [0.25, 0.3) is 5.56 Å². The van der Waals surface area contributed by atoms with Crippen LogP contribution in [0.2, 0.25) is 0 Å². The number of hydrogen-bond donors (Lipinski definition) is 0. The zero-order chi connectivity index (χ0) is 16.0. The molecule has 0 bridgehead atoms. The Morgan fingerprint density at radius 2 is 1.96 bits per heavy atom. The maximum Gasteiger partial charge on any atom is 0.262 e. The molecule has 4 rings (SSSR count). The molecular weight excluding hydrogens is 288 g/mol. The zero-order valence-electron chi connectivity index (χ0n) is 12.6. The lowest BCUT2D eigenvalue weighted by molar-refractivity contribution is 0.230. The van der Waals surface area contributed by atoms with Gasteiger partial charge in [0.05, 0.1) is 23.6 Å². The minimum atomic E-state index is -0.317. The van der Waals surface area contributed by atoms with Crippen molar-refractivity contribution in [2.75, 3.05) is 0 Å². The molecule has 0 radical (unpaired) electrons. The molecule has 0 amide bonds. The van der Waals surface area contributed by atoms with E-state index in [2.05, 4.69) is 6.07 Å². The first-order chi connectivity index (χ1) is 11.2. The Bertz CT molecular complexity index is 1010. The van der Waals surface area contributed by atoms with Crippen LogP contribution in [-0.2, 0) is 7.05 Å². The largest absolute Gasteiger partial charge is 0.483 e. The van der Waals surface area contributed by atoms with E-state index in [1.165, 1.54) is 0 Å². The molecule has 4 heteroatoms. The van der Waals surface area contributed by atoms with Gasteiger partial charge in [0.2, 0.25) is 0 Å². The van der Waals surface area contributed by atoms with Crippen LogP contribution in [0.25, 0.3) is 22.0 Å². The number of rotatable bonds is 2. The standard InChI is InChI=1S/C19H14N2O2/c1-21-14-9-5-8-13-15(10-11-20)23-18(17(13)14)16(19(21)22)12-6-3-2-4-7-12/h2-9,15H,10H2,1H3. The van der Waals surface area contributed by atoms with Crippen molar-refractivity contribution in [1.82, 2.24) is 4.57 Å². The van der Waals surface area contributed by atoms with E-state index in [0.717, 1.165) is 22.0 Å². The Kier molecular flexibility index (Phi) is 2.95. The van der Waals surface area contributed by atoms with Crippen molar-refractivity contribution in [3.8, 4) is 22.9 Å². The fraction of sp³-hybridized carbons (Fsp3) is 0.158. The van der Waals surface area contributed by atoms with E-state index < -0.39 is 0 Å². The number of aromatic nitrogens is 1. The van der Waals surface area contributed by atoms with Gasteiger partial charge in [-0.05, 0) is 11.6 Å². The average Bonchev–Trinajstić information content (AvgIpc) is 2.94. The number of pyridine rings is 1. The minimum Gasteiger partial charge on any atom is -0.483 e. The minimum absolute atomic E-state index is 0.0894. The van der Waals surface area contributed by atoms with Crippen LogP contribution in [-0.4, -0.2) is 4.57 Å². The summed E-state index contributed by atoms with van der Waals surface area (Å²) in [6, 6.07) is 17.5. The van der Waals surface area contributed by atoms with E-state index in [4.69, 9.17) is 10.00 Å². The van der Waals surface area contributed by atoms with Crippen LogP contribution >= 0.6 is 0 Å². The van der Waals surface area contributed by atoms with Crippen LogP contribution in [0, 0.1) is 11.3 Å². The second-order valence-electron chi connectivity index (χ2n) is 5.64. The SMILES string of the molecule is Cn1c(=O)c(-c2ccccc2)c2c3c(cccc31)C(CC#N)O2. The molecule has 0 N–H and O–H groups in total. The molecule has 0 fully saturated rings. The first-order valence-electron chi connectivity index (χ1n) is 7.47. The topological polar surface area (TPSA) is 55.0 Å². The first kappa shape index (κ1) is 13.6. The Labute approximate surface area is 133 Å². The van der Waals surface area contributed by atoms with Gasteiger partial charge in [-0.15, -0.1) is 0 Å². The van der Waals surface area contributed by atoms with Crippen molar-refractivity contribution in [1.29, 1.82) is 5.26 Å². The third-order valence-electron chi connectivity index (χ3n) is 4.35. The second-order valence-corrected chi connectivity index (χ2v) is 5.64. The van der Waals surface area contributed by atoms with Gasteiger partial charge in [-0.1, -0.05) is 42.5 Å². The van der Waals surface area contributed by atoms with Crippen molar-refractivity contribution in [3.63, 3.8) is 0 Å². The highest BCUT2D eigenvalue weighted by Crippen LogP contribution is 2.46. The van der Waals surface area contributed by atoms with Crippen LogP contribution in [0.5, 0.6) is 5.75 Å². The molecule has 1 aliphatic heterocycles. The van der Waals surface area contributed by atoms with Crippen molar-refractivity contribution in [2.45, 2.75) is 12.5 Å². The van der Waals surface area contributed by atoms with Gasteiger partial charge in [0.15, 0.2) is 0 Å². The molecule has 1 aromatic heterocycles. The molecule has 4 nitrogen and oxygen atoms in total. The van der Waals surface area contributed by atoms with Crippen LogP contribution in [0.4, 0.5) is 0 Å². The molecule has 112 valence electrons. The highest BCUT2D eigenvalue weighted by molar-refractivity contribution is 5.96. The van der Waals surface area contributed by atoms with E-state index in [1.807, 2.05) is 48.5 Å². The van der Waals surface area contributed by atoms with Crippen LogP contribution in [0.15, 0.2) is 53.3 Å². The lowest BCUT2D eigenvalue weighted by Gasteiger charge is -2.12. The second kappa shape index (κ2) is 4.99. The van der Waals surface area contributed by atoms with Crippen molar-refractivity contribution >= 4 is 10.9 Å². The highest BCUT2D eigenvalue weighted by Gasteiger charge is 2.31. The lowest BCUT2D eigenvalue weighted by atomic mass is 9.99. The highest BCUT2D eigenvalue weighted by atomic mass is 16.5. The summed E-state index contributed by atoms with van der Waals surface area (Å²) < 4.78 is 7.70. The van der Waals surface area contributed by atoms with Gasteiger partial charge in [-0.25, -0.2) is 0 Å². The average molecular weight is 302 g/mol. The van der Waals surface area contributed by atoms with Crippen molar-refractivity contribution in [2.24, 2.45) is 7.05 Å². The number of hydrogen-bond acceptors (Lipinski definition) is 3. The van der Waals surface area contributed by atoms with Crippen LogP contribution in [0.3, 0.4) is 0 Å². The zero-order valence-corrected chi connectivity index (χ0v) is 12.6. The van der Waals surface area contributed by atoms with Gasteiger partial charge in [0.1, 0.15) is 11.9 Å². The Morgan fingerprint density at radius 3 is 2.70 bits per heavy atom. The summed E-state index contributed by atoms with van der Waals surface area (Å²) in [5.74, 6) is 0.602. The summed E-state index contributed by atoms with van der Waals surface area (Å²) in [5.41, 5.74) is 3.12. The van der Waals surface area contributed by atoms with E-state index in [0.29, 0.717) is 11.3 Å². The summed E-state index contributed by atoms with van der Waals surface area (Å²) in [7, 11) is 1.77. The van der Waals surface area contributed by atoms with Crippen molar-refractivity contribution in [3.05, 3.63) is 64.4 Å². The van der Waals surface area contributed by atoms with E-state index >= 15 is 0 Å². The molecule has 2 heterocycles. The molecule has 0 saturated heterocycles. The summed E-state index contributed by atoms with van der Waals surface area (Å²) in [6.45, 7) is 0. The molecule has 23 heavy (non-hydrogen) atoms. The molecule has 3 aromatic rings. The molecular formula is C19H14N2O2. The van der Waals surface area contributed by atoms with Gasteiger partial charge in [0, 0.05) is 18.0 Å². The van der Waals surface area contributed by atoms with Gasteiger partial charge < -0.3 is 9.30 Å². The molecule has 1 unspecified atom stereocenters. The molecule has 0 aliphatic carbocycles. The lowest BCUT2D eigenvalue weighted by Crippen LogP contribution is -2.19. The predicted molar refractivity (Wildman–Crippen MR) is 88.2 cm³/mol. The van der Waals surface area contributed by atoms with Crippen molar-refractivity contribution < 1.29 is 4.74 Å².